The minimum atomic E-state index is -4.01. The fourth-order valence-corrected chi connectivity index (χ4v) is 2.77. The number of nitro groups is 1. The van der Waals surface area contributed by atoms with Crippen molar-refractivity contribution >= 4 is 15.7 Å². The SMILES string of the molecule is Cc1cc(S(=O)(=O)NCc2ccco2)cc([N+](=O)[O-])c1F. The molecule has 0 unspecified atom stereocenters. The Morgan fingerprint density at radius 2 is 2.14 bits per heavy atom. The van der Waals surface area contributed by atoms with Gasteiger partial charge in [-0.05, 0) is 30.7 Å². The molecule has 2 rings (SSSR count). The van der Waals surface area contributed by atoms with Crippen LogP contribution in [0.3, 0.4) is 0 Å². The molecule has 0 aliphatic rings. The molecule has 0 saturated heterocycles. The van der Waals surface area contributed by atoms with E-state index >= 15 is 0 Å². The Bertz CT molecular complexity index is 771. The van der Waals surface area contributed by atoms with Gasteiger partial charge in [-0.2, -0.15) is 4.39 Å². The van der Waals surface area contributed by atoms with Gasteiger partial charge in [-0.25, -0.2) is 13.1 Å². The molecule has 0 radical (unpaired) electrons. The summed E-state index contributed by atoms with van der Waals surface area (Å²) in [6.45, 7) is 1.15. The van der Waals surface area contributed by atoms with Gasteiger partial charge < -0.3 is 4.42 Å². The van der Waals surface area contributed by atoms with Crippen LogP contribution in [0.15, 0.2) is 39.8 Å². The topological polar surface area (TPSA) is 102 Å². The van der Waals surface area contributed by atoms with Crippen LogP contribution in [0.4, 0.5) is 10.1 Å². The van der Waals surface area contributed by atoms with Crippen LogP contribution in [0.5, 0.6) is 0 Å². The summed E-state index contributed by atoms with van der Waals surface area (Å²) >= 11 is 0. The lowest BCUT2D eigenvalue weighted by Gasteiger charge is -2.07. The second-order valence-electron chi connectivity index (χ2n) is 4.23. The zero-order chi connectivity index (χ0) is 15.6. The van der Waals surface area contributed by atoms with Crippen LogP contribution >= 0.6 is 0 Å². The fraction of sp³-hybridized carbons (Fsp3) is 0.167. The van der Waals surface area contributed by atoms with Crippen molar-refractivity contribution in [1.29, 1.82) is 0 Å². The standard InChI is InChI=1S/C12H11FN2O5S/c1-8-5-10(6-11(12(8)13)15(16)17)21(18,19)14-7-9-3-2-4-20-9/h2-6,14H,7H2,1H3. The Labute approximate surface area is 119 Å². The smallest absolute Gasteiger partial charge is 0.306 e. The van der Waals surface area contributed by atoms with Crippen LogP contribution in [0.2, 0.25) is 0 Å². The van der Waals surface area contributed by atoms with Gasteiger partial charge in [-0.1, -0.05) is 0 Å². The molecule has 2 aromatic rings. The molecular weight excluding hydrogens is 303 g/mol. The van der Waals surface area contributed by atoms with E-state index in [0.717, 1.165) is 6.07 Å². The summed E-state index contributed by atoms with van der Waals surface area (Å²) in [7, 11) is -4.01. The minimum Gasteiger partial charge on any atom is -0.468 e. The maximum atomic E-state index is 13.6. The zero-order valence-electron chi connectivity index (χ0n) is 10.9. The van der Waals surface area contributed by atoms with Crippen LogP contribution < -0.4 is 4.72 Å². The van der Waals surface area contributed by atoms with Gasteiger partial charge in [0.2, 0.25) is 15.8 Å². The first-order valence-electron chi connectivity index (χ1n) is 5.78. The molecule has 0 aliphatic heterocycles. The zero-order valence-corrected chi connectivity index (χ0v) is 11.7. The molecule has 1 N–H and O–H groups in total. The van der Waals surface area contributed by atoms with Crippen molar-refractivity contribution in [2.75, 3.05) is 0 Å². The van der Waals surface area contributed by atoms with E-state index in [-0.39, 0.29) is 17.0 Å². The summed E-state index contributed by atoms with van der Waals surface area (Å²) in [5.74, 6) is -0.670. The highest BCUT2D eigenvalue weighted by Crippen LogP contribution is 2.25. The van der Waals surface area contributed by atoms with Crippen molar-refractivity contribution in [3.63, 3.8) is 0 Å². The maximum absolute atomic E-state index is 13.6. The molecule has 0 saturated carbocycles. The van der Waals surface area contributed by atoms with Gasteiger partial charge in [-0.3, -0.25) is 10.1 Å². The lowest BCUT2D eigenvalue weighted by atomic mass is 10.2. The molecule has 9 heteroatoms. The average Bonchev–Trinajstić information content (AvgIpc) is 2.92. The first kappa shape index (κ1) is 15.1. The molecule has 0 spiro atoms. The molecule has 0 atom stereocenters. The fourth-order valence-electron chi connectivity index (χ4n) is 1.67. The lowest BCUT2D eigenvalue weighted by Crippen LogP contribution is -2.23. The maximum Gasteiger partial charge on any atom is 0.306 e. The molecule has 112 valence electrons. The first-order chi connectivity index (χ1) is 9.81. The monoisotopic (exact) mass is 314 g/mol. The van der Waals surface area contributed by atoms with Crippen molar-refractivity contribution < 1.29 is 22.1 Å². The average molecular weight is 314 g/mol. The Morgan fingerprint density at radius 3 is 2.71 bits per heavy atom. The molecule has 0 amide bonds. The molecule has 1 aromatic heterocycles. The van der Waals surface area contributed by atoms with Crippen LogP contribution in [0.1, 0.15) is 11.3 Å². The lowest BCUT2D eigenvalue weighted by molar-refractivity contribution is -0.387. The minimum absolute atomic E-state index is 0.112. The summed E-state index contributed by atoms with van der Waals surface area (Å²) in [6, 6.07) is 4.89. The van der Waals surface area contributed by atoms with E-state index in [1.54, 1.807) is 12.1 Å². The first-order valence-corrected chi connectivity index (χ1v) is 7.26. The normalized spacial score (nSPS) is 11.5. The number of rotatable bonds is 5. The van der Waals surface area contributed by atoms with Crippen LogP contribution in [0.25, 0.3) is 0 Å². The Kier molecular flexibility index (Phi) is 4.05. The molecule has 7 nitrogen and oxygen atoms in total. The molecule has 0 bridgehead atoms. The number of nitrogens with one attached hydrogen (secondary N) is 1. The van der Waals surface area contributed by atoms with Gasteiger partial charge in [-0.15, -0.1) is 0 Å². The largest absolute Gasteiger partial charge is 0.468 e. The van der Waals surface area contributed by atoms with Gasteiger partial charge in [0.1, 0.15) is 5.76 Å². The molecule has 0 fully saturated rings. The second kappa shape index (κ2) is 5.62. The van der Waals surface area contributed by atoms with Crippen LogP contribution in [-0.2, 0) is 16.6 Å². The van der Waals surface area contributed by atoms with Gasteiger partial charge in [0, 0.05) is 6.07 Å². The number of nitro benzene ring substituents is 1. The molecule has 21 heavy (non-hydrogen) atoms. The van der Waals surface area contributed by atoms with Gasteiger partial charge >= 0.3 is 5.69 Å². The number of halogens is 1. The number of benzene rings is 1. The quantitative estimate of drug-likeness (QED) is 0.672. The van der Waals surface area contributed by atoms with Crippen molar-refractivity contribution in [2.24, 2.45) is 0 Å². The summed E-state index contributed by atoms with van der Waals surface area (Å²) in [5.41, 5.74) is -1.00. The Balaban J connectivity index is 2.33. The van der Waals surface area contributed by atoms with Gasteiger partial charge in [0.05, 0.1) is 22.6 Å². The number of nitrogens with zero attached hydrogens (tertiary/aromatic N) is 1. The van der Waals surface area contributed by atoms with Gasteiger partial charge in [0.25, 0.3) is 0 Å². The number of sulfonamides is 1. The number of hydrogen-bond donors (Lipinski definition) is 1. The van der Waals surface area contributed by atoms with E-state index in [4.69, 9.17) is 4.42 Å². The third-order valence-electron chi connectivity index (χ3n) is 2.73. The van der Waals surface area contributed by atoms with Gasteiger partial charge in [0.15, 0.2) is 0 Å². The highest BCUT2D eigenvalue weighted by molar-refractivity contribution is 7.89. The highest BCUT2D eigenvalue weighted by Gasteiger charge is 2.23. The summed E-state index contributed by atoms with van der Waals surface area (Å²) in [6.07, 6.45) is 1.39. The van der Waals surface area contributed by atoms with Crippen molar-refractivity contribution in [1.82, 2.24) is 4.72 Å². The summed E-state index contributed by atoms with van der Waals surface area (Å²) in [5, 5.41) is 10.7. The number of furan rings is 1. The van der Waals surface area contributed by atoms with Crippen molar-refractivity contribution in [2.45, 2.75) is 18.4 Å². The molecule has 1 aromatic carbocycles. The van der Waals surface area contributed by atoms with E-state index in [0.29, 0.717) is 11.8 Å². The van der Waals surface area contributed by atoms with E-state index in [1.165, 1.54) is 13.2 Å². The van der Waals surface area contributed by atoms with Crippen molar-refractivity contribution in [3.05, 3.63) is 57.8 Å². The molecular formula is C12H11FN2O5S. The second-order valence-corrected chi connectivity index (χ2v) is 6.00. The highest BCUT2D eigenvalue weighted by atomic mass is 32.2. The Hall–Kier alpha value is -2.26. The summed E-state index contributed by atoms with van der Waals surface area (Å²) in [4.78, 5) is 9.39. The number of aryl methyl sites for hydroxylation is 1. The van der Waals surface area contributed by atoms with E-state index < -0.39 is 26.5 Å². The number of hydrogen-bond acceptors (Lipinski definition) is 5. The molecule has 0 aliphatic carbocycles. The molecule has 1 heterocycles. The predicted molar refractivity (Wildman–Crippen MR) is 70.5 cm³/mol. The summed E-state index contributed by atoms with van der Waals surface area (Å²) < 4.78 is 44.9. The van der Waals surface area contributed by atoms with Crippen molar-refractivity contribution in [3.8, 4) is 0 Å². The third kappa shape index (κ3) is 3.26. The van der Waals surface area contributed by atoms with E-state index in [2.05, 4.69) is 4.72 Å². The Morgan fingerprint density at radius 1 is 1.43 bits per heavy atom. The third-order valence-corrected chi connectivity index (χ3v) is 4.11. The van der Waals surface area contributed by atoms with E-state index in [9.17, 15) is 22.9 Å². The van der Waals surface area contributed by atoms with Crippen LogP contribution in [0, 0.1) is 22.9 Å². The van der Waals surface area contributed by atoms with Crippen LogP contribution in [-0.4, -0.2) is 13.3 Å². The predicted octanol–water partition coefficient (Wildman–Crippen LogP) is 2.11. The van der Waals surface area contributed by atoms with E-state index in [1.807, 2.05) is 0 Å².